The Kier molecular flexibility index (Phi) is 5.26. The summed E-state index contributed by atoms with van der Waals surface area (Å²) in [7, 11) is -3.95. The summed E-state index contributed by atoms with van der Waals surface area (Å²) in [4.78, 5) is -0.260. The van der Waals surface area contributed by atoms with Gasteiger partial charge in [0.05, 0.1) is 16.6 Å². The van der Waals surface area contributed by atoms with Crippen molar-refractivity contribution in [1.82, 2.24) is 4.31 Å². The lowest BCUT2D eigenvalue weighted by Crippen LogP contribution is -2.42. The Labute approximate surface area is 122 Å². The third-order valence-corrected chi connectivity index (χ3v) is 5.00. The molecule has 8 heteroatoms. The highest BCUT2D eigenvalue weighted by Gasteiger charge is 2.29. The molecule has 2 N–H and O–H groups in total. The van der Waals surface area contributed by atoms with Crippen LogP contribution in [0.2, 0.25) is 5.02 Å². The summed E-state index contributed by atoms with van der Waals surface area (Å²) in [5.74, 6) is -0.679. The Bertz CT molecular complexity index is 590. The van der Waals surface area contributed by atoms with Gasteiger partial charge in [0.1, 0.15) is 10.7 Å². The fourth-order valence-corrected chi connectivity index (χ4v) is 3.82. The van der Waals surface area contributed by atoms with E-state index in [1.54, 1.807) is 13.8 Å². The minimum absolute atomic E-state index is 0.0322. The Morgan fingerprint density at radius 1 is 1.53 bits per heavy atom. The van der Waals surface area contributed by atoms with Crippen LogP contribution < -0.4 is 5.73 Å². The van der Waals surface area contributed by atoms with Crippen LogP contribution in [0.25, 0.3) is 0 Å². The largest absolute Gasteiger partial charge is 0.392 e. The molecule has 0 aliphatic rings. The van der Waals surface area contributed by atoms with Crippen molar-refractivity contribution < 1.29 is 12.8 Å². The van der Waals surface area contributed by atoms with Crippen molar-refractivity contribution >= 4 is 38.8 Å². The first kappa shape index (κ1) is 16.3. The van der Waals surface area contributed by atoms with Gasteiger partial charge in [0.15, 0.2) is 0 Å². The second-order valence-corrected chi connectivity index (χ2v) is 6.98. The molecule has 0 fully saturated rings. The molecule has 0 saturated heterocycles. The predicted octanol–water partition coefficient (Wildman–Crippen LogP) is 2.16. The highest BCUT2D eigenvalue weighted by molar-refractivity contribution is 7.89. The van der Waals surface area contributed by atoms with Crippen LogP contribution in [0.4, 0.5) is 4.39 Å². The Morgan fingerprint density at radius 2 is 2.11 bits per heavy atom. The van der Waals surface area contributed by atoms with Gasteiger partial charge in [0.25, 0.3) is 0 Å². The third kappa shape index (κ3) is 3.85. The number of sulfonamides is 1. The molecule has 0 spiro atoms. The zero-order valence-electron chi connectivity index (χ0n) is 10.4. The van der Waals surface area contributed by atoms with Crippen molar-refractivity contribution in [2.24, 2.45) is 5.73 Å². The Morgan fingerprint density at radius 3 is 2.58 bits per heavy atom. The smallest absolute Gasteiger partial charge is 0.245 e. The Balaban J connectivity index is 3.34. The lowest BCUT2D eigenvalue weighted by atomic mass is 10.3. The van der Waals surface area contributed by atoms with Crippen molar-refractivity contribution in [3.05, 3.63) is 29.0 Å². The summed E-state index contributed by atoms with van der Waals surface area (Å²) in [6, 6.07) is 2.79. The maximum absolute atomic E-state index is 13.2. The lowest BCUT2D eigenvalue weighted by molar-refractivity contribution is 0.390. The number of nitrogens with two attached hydrogens (primary N) is 1. The summed E-state index contributed by atoms with van der Waals surface area (Å²) in [6.07, 6.45) is 0. The monoisotopic (exact) mass is 324 g/mol. The molecule has 0 atom stereocenters. The molecule has 0 aliphatic heterocycles. The zero-order chi connectivity index (χ0) is 14.8. The highest BCUT2D eigenvalue weighted by atomic mass is 35.5. The number of benzene rings is 1. The SMILES string of the molecule is CC(C)N(CC(N)=S)S(=O)(=O)c1cc(F)ccc1Cl. The molecule has 0 aliphatic carbocycles. The van der Waals surface area contributed by atoms with E-state index in [-0.39, 0.29) is 27.5 Å². The number of nitrogens with zero attached hydrogens (tertiary/aromatic N) is 1. The van der Waals surface area contributed by atoms with E-state index in [0.29, 0.717) is 0 Å². The molecule has 0 heterocycles. The molecule has 106 valence electrons. The number of hydrogen-bond acceptors (Lipinski definition) is 3. The molecule has 0 amide bonds. The molecular formula is C11H14ClFN2O2S2. The lowest BCUT2D eigenvalue weighted by Gasteiger charge is -2.25. The van der Waals surface area contributed by atoms with Crippen LogP contribution in [0, 0.1) is 5.82 Å². The molecule has 4 nitrogen and oxygen atoms in total. The first-order valence-corrected chi connectivity index (χ1v) is 7.64. The van der Waals surface area contributed by atoms with Gasteiger partial charge in [0.2, 0.25) is 10.0 Å². The fraction of sp³-hybridized carbons (Fsp3) is 0.364. The van der Waals surface area contributed by atoms with E-state index in [9.17, 15) is 12.8 Å². The number of rotatable bonds is 5. The van der Waals surface area contributed by atoms with Crippen LogP contribution in [0.15, 0.2) is 23.1 Å². The van der Waals surface area contributed by atoms with Gasteiger partial charge < -0.3 is 5.73 Å². The fourth-order valence-electron chi connectivity index (χ4n) is 1.50. The first-order chi connectivity index (χ1) is 8.66. The van der Waals surface area contributed by atoms with Gasteiger partial charge in [-0.1, -0.05) is 23.8 Å². The van der Waals surface area contributed by atoms with E-state index in [0.717, 1.165) is 16.4 Å². The topological polar surface area (TPSA) is 63.4 Å². The summed E-state index contributed by atoms with van der Waals surface area (Å²) in [6.45, 7) is 3.22. The van der Waals surface area contributed by atoms with Gasteiger partial charge in [-0.25, -0.2) is 12.8 Å². The van der Waals surface area contributed by atoms with Crippen LogP contribution in [0.3, 0.4) is 0 Å². The second-order valence-electron chi connectivity index (χ2n) is 4.19. The van der Waals surface area contributed by atoms with Crippen LogP contribution >= 0.6 is 23.8 Å². The molecule has 19 heavy (non-hydrogen) atoms. The molecule has 0 saturated carbocycles. The summed E-state index contributed by atoms with van der Waals surface area (Å²) in [5, 5.41) is -0.0463. The summed E-state index contributed by atoms with van der Waals surface area (Å²) >= 11 is 10.6. The van der Waals surface area contributed by atoms with Crippen LogP contribution in [-0.2, 0) is 10.0 Å². The van der Waals surface area contributed by atoms with Gasteiger partial charge in [-0.15, -0.1) is 0 Å². The van der Waals surface area contributed by atoms with Gasteiger partial charge in [-0.3, -0.25) is 0 Å². The van der Waals surface area contributed by atoms with Crippen molar-refractivity contribution in [2.75, 3.05) is 6.54 Å². The predicted molar refractivity (Wildman–Crippen MR) is 77.2 cm³/mol. The second kappa shape index (κ2) is 6.13. The van der Waals surface area contributed by atoms with Gasteiger partial charge in [0, 0.05) is 6.04 Å². The van der Waals surface area contributed by atoms with E-state index in [1.165, 1.54) is 6.07 Å². The minimum atomic E-state index is -3.95. The van der Waals surface area contributed by atoms with Crippen molar-refractivity contribution in [3.63, 3.8) is 0 Å². The maximum Gasteiger partial charge on any atom is 0.245 e. The van der Waals surface area contributed by atoms with E-state index < -0.39 is 15.8 Å². The maximum atomic E-state index is 13.2. The van der Waals surface area contributed by atoms with E-state index in [2.05, 4.69) is 0 Å². The number of hydrogen-bond donors (Lipinski definition) is 1. The van der Waals surface area contributed by atoms with Crippen LogP contribution in [-0.4, -0.2) is 30.3 Å². The quantitative estimate of drug-likeness (QED) is 0.843. The van der Waals surface area contributed by atoms with Gasteiger partial charge in [-0.05, 0) is 32.0 Å². The Hall–Kier alpha value is -0.760. The van der Waals surface area contributed by atoms with Crippen molar-refractivity contribution in [1.29, 1.82) is 0 Å². The van der Waals surface area contributed by atoms with Gasteiger partial charge >= 0.3 is 0 Å². The molecule has 0 aromatic heterocycles. The van der Waals surface area contributed by atoms with Crippen LogP contribution in [0.1, 0.15) is 13.8 Å². The van der Waals surface area contributed by atoms with E-state index >= 15 is 0 Å². The van der Waals surface area contributed by atoms with Gasteiger partial charge in [-0.2, -0.15) is 4.31 Å². The average Bonchev–Trinajstić information content (AvgIpc) is 2.28. The molecule has 1 aromatic carbocycles. The molecule has 0 unspecified atom stereocenters. The summed E-state index contributed by atoms with van der Waals surface area (Å²) < 4.78 is 39.2. The molecule has 0 radical (unpaired) electrons. The molecule has 1 aromatic rings. The van der Waals surface area contributed by atoms with E-state index in [1.807, 2.05) is 0 Å². The molecule has 1 rings (SSSR count). The molecule has 0 bridgehead atoms. The van der Waals surface area contributed by atoms with Crippen molar-refractivity contribution in [2.45, 2.75) is 24.8 Å². The first-order valence-electron chi connectivity index (χ1n) is 5.41. The van der Waals surface area contributed by atoms with Crippen LogP contribution in [0.5, 0.6) is 0 Å². The zero-order valence-corrected chi connectivity index (χ0v) is 12.8. The normalized spacial score (nSPS) is 12.1. The standard InChI is InChI=1S/C11H14ClFN2O2S2/c1-7(2)15(6-11(14)18)19(16,17)10-5-8(13)3-4-9(10)12/h3-5,7H,6H2,1-2H3,(H2,14,18). The molecular weight excluding hydrogens is 311 g/mol. The minimum Gasteiger partial charge on any atom is -0.392 e. The highest BCUT2D eigenvalue weighted by Crippen LogP contribution is 2.26. The van der Waals surface area contributed by atoms with Crippen molar-refractivity contribution in [3.8, 4) is 0 Å². The average molecular weight is 325 g/mol. The number of thiocarbonyl (C=S) groups is 1. The number of halogens is 2. The van der Waals surface area contributed by atoms with E-state index in [4.69, 9.17) is 29.6 Å². The third-order valence-electron chi connectivity index (χ3n) is 2.37. The summed E-state index contributed by atoms with van der Waals surface area (Å²) in [5.41, 5.74) is 5.39.